The Hall–Kier alpha value is -1.49. The third kappa shape index (κ3) is 2.20. The quantitative estimate of drug-likeness (QED) is 0.864. The summed E-state index contributed by atoms with van der Waals surface area (Å²) in [5.41, 5.74) is -2.96. The summed E-state index contributed by atoms with van der Waals surface area (Å²) in [6.45, 7) is 1.78. The minimum Gasteiger partial charge on any atom is -0.465 e. The van der Waals surface area contributed by atoms with Crippen molar-refractivity contribution in [1.82, 2.24) is 0 Å². The van der Waals surface area contributed by atoms with Crippen molar-refractivity contribution in [1.29, 1.82) is 0 Å². The van der Waals surface area contributed by atoms with Crippen LogP contribution in [-0.2, 0) is 16.0 Å². The van der Waals surface area contributed by atoms with Crippen LogP contribution in [0.2, 0.25) is 0 Å². The highest BCUT2D eigenvalue weighted by atomic mass is 19.3. The number of benzene rings is 1. The SMILES string of the molecule is CCOC(=O)[C@@]12CCC[C@]1(O)C(F)(F)[C@@H](Cc1ccccc1)C2. The predicted molar refractivity (Wildman–Crippen MR) is 81.1 cm³/mol. The smallest absolute Gasteiger partial charge is 0.315 e. The van der Waals surface area contributed by atoms with Crippen LogP contribution in [0.1, 0.15) is 38.2 Å². The molecule has 0 spiro atoms. The summed E-state index contributed by atoms with van der Waals surface area (Å²) in [5.74, 6) is -5.03. The number of ether oxygens (including phenoxy) is 1. The van der Waals surface area contributed by atoms with Gasteiger partial charge in [0.05, 0.1) is 6.61 Å². The van der Waals surface area contributed by atoms with Crippen LogP contribution < -0.4 is 0 Å². The van der Waals surface area contributed by atoms with E-state index in [2.05, 4.69) is 0 Å². The molecule has 3 rings (SSSR count). The molecule has 5 heteroatoms. The van der Waals surface area contributed by atoms with Crippen molar-refractivity contribution in [3.63, 3.8) is 0 Å². The lowest BCUT2D eigenvalue weighted by atomic mass is 9.76. The fourth-order valence-electron chi connectivity index (χ4n) is 4.46. The number of fused-ring (bicyclic) bond motifs is 1. The number of esters is 1. The number of hydrogen-bond donors (Lipinski definition) is 1. The van der Waals surface area contributed by atoms with Crippen molar-refractivity contribution in [3.8, 4) is 0 Å². The zero-order valence-electron chi connectivity index (χ0n) is 13.2. The Balaban J connectivity index is 1.95. The summed E-state index contributed by atoms with van der Waals surface area (Å²) in [6.07, 6.45) is 0.762. The molecule has 126 valence electrons. The van der Waals surface area contributed by atoms with E-state index in [0.29, 0.717) is 6.42 Å². The van der Waals surface area contributed by atoms with Crippen LogP contribution in [0.25, 0.3) is 0 Å². The Bertz CT molecular complexity index is 589. The van der Waals surface area contributed by atoms with Gasteiger partial charge < -0.3 is 9.84 Å². The highest BCUT2D eigenvalue weighted by Crippen LogP contribution is 2.66. The maximum atomic E-state index is 15.0. The van der Waals surface area contributed by atoms with Crippen LogP contribution in [0.5, 0.6) is 0 Å². The largest absolute Gasteiger partial charge is 0.465 e. The Morgan fingerprint density at radius 1 is 1.30 bits per heavy atom. The summed E-state index contributed by atoms with van der Waals surface area (Å²) in [5, 5.41) is 10.8. The number of carbonyl (C=O) groups excluding carboxylic acids is 1. The molecule has 3 nitrogen and oxygen atoms in total. The van der Waals surface area contributed by atoms with Crippen molar-refractivity contribution in [3.05, 3.63) is 35.9 Å². The summed E-state index contributed by atoms with van der Waals surface area (Å²) in [7, 11) is 0. The molecule has 2 aliphatic carbocycles. The fourth-order valence-corrected chi connectivity index (χ4v) is 4.46. The standard InChI is InChI=1S/C18H22F2O3/c1-2-23-15(21)16-9-6-10-17(16,22)18(19,20)14(12-16)11-13-7-4-3-5-8-13/h3-5,7-8,14,22H,2,6,9-12H2,1H3/t14-,16-,17+/m0/s1. The van der Waals surface area contributed by atoms with E-state index in [1.165, 1.54) is 0 Å². The molecule has 0 aliphatic heterocycles. The molecule has 0 heterocycles. The Morgan fingerprint density at radius 3 is 2.65 bits per heavy atom. The van der Waals surface area contributed by atoms with Gasteiger partial charge in [0.1, 0.15) is 11.0 Å². The molecular weight excluding hydrogens is 302 g/mol. The number of alkyl halides is 2. The number of aliphatic hydroxyl groups is 1. The molecule has 2 saturated carbocycles. The van der Waals surface area contributed by atoms with Crippen molar-refractivity contribution < 1.29 is 23.4 Å². The topological polar surface area (TPSA) is 46.5 Å². The van der Waals surface area contributed by atoms with Crippen LogP contribution in [0.3, 0.4) is 0 Å². The maximum absolute atomic E-state index is 15.0. The highest BCUT2D eigenvalue weighted by molar-refractivity contribution is 5.80. The minimum atomic E-state index is -3.30. The summed E-state index contributed by atoms with van der Waals surface area (Å²) in [6, 6.07) is 9.04. The molecule has 0 amide bonds. The molecule has 0 unspecified atom stereocenters. The lowest BCUT2D eigenvalue weighted by molar-refractivity contribution is -0.214. The van der Waals surface area contributed by atoms with E-state index < -0.39 is 28.8 Å². The van der Waals surface area contributed by atoms with Crippen LogP contribution in [0.4, 0.5) is 8.78 Å². The molecular formula is C18H22F2O3. The van der Waals surface area contributed by atoms with Gasteiger partial charge in [-0.2, -0.15) is 0 Å². The van der Waals surface area contributed by atoms with Gasteiger partial charge in [0.15, 0.2) is 0 Å². The lowest BCUT2D eigenvalue weighted by Gasteiger charge is -2.37. The van der Waals surface area contributed by atoms with E-state index in [9.17, 15) is 9.90 Å². The molecule has 0 aromatic heterocycles. The normalized spacial score (nSPS) is 35.0. The van der Waals surface area contributed by atoms with Crippen LogP contribution >= 0.6 is 0 Å². The zero-order chi connectivity index (χ0) is 16.7. The van der Waals surface area contributed by atoms with Gasteiger partial charge in [-0.3, -0.25) is 4.79 Å². The predicted octanol–water partition coefficient (Wildman–Crippen LogP) is 3.35. The first-order valence-electron chi connectivity index (χ1n) is 8.19. The molecule has 1 aromatic rings. The molecule has 1 aromatic carbocycles. The molecule has 2 aliphatic rings. The zero-order valence-corrected chi connectivity index (χ0v) is 13.2. The number of hydrogen-bond acceptors (Lipinski definition) is 3. The first-order valence-corrected chi connectivity index (χ1v) is 8.19. The minimum absolute atomic E-state index is 0.0236. The Kier molecular flexibility index (Phi) is 3.95. The highest BCUT2D eigenvalue weighted by Gasteiger charge is 2.78. The first-order chi connectivity index (χ1) is 10.9. The molecule has 0 radical (unpaired) electrons. The van der Waals surface area contributed by atoms with Gasteiger partial charge >= 0.3 is 5.97 Å². The van der Waals surface area contributed by atoms with Gasteiger partial charge in [-0.25, -0.2) is 8.78 Å². The second-order valence-corrected chi connectivity index (χ2v) is 6.73. The van der Waals surface area contributed by atoms with Crippen LogP contribution in [0, 0.1) is 11.3 Å². The third-order valence-corrected chi connectivity index (χ3v) is 5.58. The molecule has 23 heavy (non-hydrogen) atoms. The molecule has 0 bridgehead atoms. The lowest BCUT2D eigenvalue weighted by Crippen LogP contribution is -2.55. The second-order valence-electron chi connectivity index (χ2n) is 6.73. The molecule has 2 fully saturated rings. The average molecular weight is 324 g/mol. The van der Waals surface area contributed by atoms with E-state index in [4.69, 9.17) is 4.74 Å². The van der Waals surface area contributed by atoms with E-state index in [-0.39, 0.29) is 32.3 Å². The number of halogens is 2. The fraction of sp³-hybridized carbons (Fsp3) is 0.611. The number of rotatable bonds is 4. The summed E-state index contributed by atoms with van der Waals surface area (Å²) in [4.78, 5) is 12.4. The van der Waals surface area contributed by atoms with E-state index in [0.717, 1.165) is 5.56 Å². The van der Waals surface area contributed by atoms with E-state index in [1.807, 2.05) is 6.07 Å². The molecule has 1 N–H and O–H groups in total. The van der Waals surface area contributed by atoms with E-state index in [1.54, 1.807) is 31.2 Å². The Morgan fingerprint density at radius 2 is 2.00 bits per heavy atom. The van der Waals surface area contributed by atoms with Crippen molar-refractivity contribution in [2.45, 2.75) is 50.6 Å². The Labute approximate surface area is 134 Å². The van der Waals surface area contributed by atoms with Gasteiger partial charge in [0, 0.05) is 5.92 Å². The summed E-state index contributed by atoms with van der Waals surface area (Å²) < 4.78 is 35.1. The van der Waals surface area contributed by atoms with Gasteiger partial charge in [0.2, 0.25) is 0 Å². The number of carbonyl (C=O) groups is 1. The van der Waals surface area contributed by atoms with Gasteiger partial charge in [-0.05, 0) is 44.6 Å². The van der Waals surface area contributed by atoms with Crippen molar-refractivity contribution in [2.75, 3.05) is 6.61 Å². The van der Waals surface area contributed by atoms with Gasteiger partial charge in [0.25, 0.3) is 5.92 Å². The molecule has 0 saturated heterocycles. The van der Waals surface area contributed by atoms with Crippen molar-refractivity contribution >= 4 is 5.97 Å². The molecule has 3 atom stereocenters. The first kappa shape index (κ1) is 16.4. The second kappa shape index (κ2) is 5.55. The monoisotopic (exact) mass is 324 g/mol. The van der Waals surface area contributed by atoms with Crippen LogP contribution in [0.15, 0.2) is 30.3 Å². The summed E-state index contributed by atoms with van der Waals surface area (Å²) >= 11 is 0. The maximum Gasteiger partial charge on any atom is 0.315 e. The average Bonchev–Trinajstić information content (AvgIpc) is 2.94. The van der Waals surface area contributed by atoms with Crippen LogP contribution in [-0.4, -0.2) is 29.2 Å². The van der Waals surface area contributed by atoms with Crippen molar-refractivity contribution in [2.24, 2.45) is 11.3 Å². The van der Waals surface area contributed by atoms with E-state index >= 15 is 8.78 Å². The third-order valence-electron chi connectivity index (χ3n) is 5.58. The van der Waals surface area contributed by atoms with Gasteiger partial charge in [-0.15, -0.1) is 0 Å². The van der Waals surface area contributed by atoms with Gasteiger partial charge in [-0.1, -0.05) is 30.3 Å².